The summed E-state index contributed by atoms with van der Waals surface area (Å²) < 4.78 is 28.5. The van der Waals surface area contributed by atoms with E-state index in [4.69, 9.17) is 0 Å². The zero-order valence-electron chi connectivity index (χ0n) is 9.18. The summed E-state index contributed by atoms with van der Waals surface area (Å²) in [7, 11) is 0. The summed E-state index contributed by atoms with van der Waals surface area (Å²) in [5.41, 5.74) is 0.890. The molecule has 0 saturated carbocycles. The van der Waals surface area contributed by atoms with Gasteiger partial charge in [0.25, 0.3) is 0 Å². The lowest BCUT2D eigenvalue weighted by molar-refractivity contribution is 0.555. The Bertz CT molecular complexity index is 575. The molecule has 0 aliphatic heterocycles. The lowest BCUT2D eigenvalue weighted by Crippen LogP contribution is -2.06. The summed E-state index contributed by atoms with van der Waals surface area (Å²) >= 11 is 5.22. The van der Waals surface area contributed by atoms with Gasteiger partial charge in [0.1, 0.15) is 11.6 Å². The first-order valence-corrected chi connectivity index (χ1v) is 7.07. The van der Waals surface area contributed by atoms with Crippen molar-refractivity contribution >= 4 is 44.2 Å². The minimum absolute atomic E-state index is 0.0315. The highest BCUT2D eigenvalue weighted by Gasteiger charge is 2.12. The molecule has 0 saturated heterocycles. The molecule has 0 aliphatic rings. The van der Waals surface area contributed by atoms with Gasteiger partial charge in [-0.2, -0.15) is 0 Å². The van der Waals surface area contributed by atoms with Crippen LogP contribution in [0.1, 0.15) is 5.56 Å². The molecule has 2 aromatic carbocycles. The van der Waals surface area contributed by atoms with Crippen molar-refractivity contribution < 1.29 is 8.78 Å². The summed E-state index contributed by atoms with van der Waals surface area (Å²) in [4.78, 5) is 0. The highest BCUT2D eigenvalue weighted by Crippen LogP contribution is 2.23. The Morgan fingerprint density at radius 2 is 1.83 bits per heavy atom. The van der Waals surface area contributed by atoms with E-state index in [1.54, 1.807) is 0 Å². The van der Waals surface area contributed by atoms with Crippen LogP contribution in [0.25, 0.3) is 0 Å². The number of hydrogen-bond acceptors (Lipinski definition) is 1. The first-order valence-electron chi connectivity index (χ1n) is 5.20. The van der Waals surface area contributed by atoms with Crippen molar-refractivity contribution in [1.82, 2.24) is 0 Å². The van der Waals surface area contributed by atoms with Crippen LogP contribution >= 0.6 is 38.5 Å². The maximum absolute atomic E-state index is 13.7. The molecule has 0 fully saturated rings. The van der Waals surface area contributed by atoms with Crippen molar-refractivity contribution in [1.29, 1.82) is 0 Å². The molecule has 1 nitrogen and oxygen atoms in total. The predicted octanol–water partition coefficient (Wildman–Crippen LogP) is 4.94. The molecule has 1 N–H and O–H groups in total. The van der Waals surface area contributed by atoms with Crippen molar-refractivity contribution in [3.05, 3.63) is 61.6 Å². The van der Waals surface area contributed by atoms with Crippen molar-refractivity contribution in [2.45, 2.75) is 6.54 Å². The topological polar surface area (TPSA) is 12.0 Å². The van der Waals surface area contributed by atoms with E-state index in [-0.39, 0.29) is 16.6 Å². The van der Waals surface area contributed by atoms with Gasteiger partial charge in [-0.1, -0.05) is 12.1 Å². The maximum atomic E-state index is 13.7. The quantitative estimate of drug-likeness (QED) is 0.544. The highest BCUT2D eigenvalue weighted by atomic mass is 127. The minimum Gasteiger partial charge on any atom is -0.380 e. The zero-order chi connectivity index (χ0) is 13.1. The molecule has 0 atom stereocenters. The number of para-hydroxylation sites is 1. The van der Waals surface area contributed by atoms with E-state index >= 15 is 0 Å². The summed E-state index contributed by atoms with van der Waals surface area (Å²) in [6, 6.07) is 10.2. The van der Waals surface area contributed by atoms with Crippen molar-refractivity contribution in [2.75, 3.05) is 5.32 Å². The van der Waals surface area contributed by atoms with E-state index in [0.29, 0.717) is 0 Å². The number of rotatable bonds is 3. The molecule has 2 rings (SSSR count). The molecule has 0 amide bonds. The molecule has 0 aromatic heterocycles. The molecule has 0 heterocycles. The van der Waals surface area contributed by atoms with E-state index in [0.717, 1.165) is 9.26 Å². The van der Waals surface area contributed by atoms with Crippen molar-refractivity contribution in [2.24, 2.45) is 0 Å². The fourth-order valence-electron chi connectivity index (χ4n) is 1.52. The average molecular weight is 424 g/mol. The Hall–Kier alpha value is -0.690. The Kier molecular flexibility index (Phi) is 4.55. The smallest absolute Gasteiger partial charge is 0.145 e. The Morgan fingerprint density at radius 3 is 2.56 bits per heavy atom. The van der Waals surface area contributed by atoms with E-state index in [1.807, 2.05) is 24.3 Å². The van der Waals surface area contributed by atoms with Crippen LogP contribution in [0.3, 0.4) is 0 Å². The third-order valence-corrected chi connectivity index (χ3v) is 4.02. The zero-order valence-corrected chi connectivity index (χ0v) is 12.9. The molecule has 0 radical (unpaired) electrons. The van der Waals surface area contributed by atoms with Crippen LogP contribution in [-0.4, -0.2) is 0 Å². The lowest BCUT2D eigenvalue weighted by Gasteiger charge is -2.10. The Labute approximate surface area is 126 Å². The first-order chi connectivity index (χ1) is 8.59. The van der Waals surface area contributed by atoms with Crippen LogP contribution in [0.15, 0.2) is 40.9 Å². The summed E-state index contributed by atoms with van der Waals surface area (Å²) in [6.45, 7) is 0.108. The molecule has 0 aliphatic carbocycles. The fourth-order valence-corrected chi connectivity index (χ4v) is 2.47. The normalized spacial score (nSPS) is 10.4. The van der Waals surface area contributed by atoms with E-state index < -0.39 is 11.6 Å². The van der Waals surface area contributed by atoms with Gasteiger partial charge in [0.2, 0.25) is 0 Å². The third kappa shape index (κ3) is 3.00. The van der Waals surface area contributed by atoms with Gasteiger partial charge in [-0.15, -0.1) is 0 Å². The van der Waals surface area contributed by atoms with Gasteiger partial charge in [0.15, 0.2) is 0 Å². The SMILES string of the molecule is Fc1ccc(Br)c(F)c1CNc1ccccc1I. The molecule has 0 spiro atoms. The summed E-state index contributed by atoms with van der Waals surface area (Å²) in [5.74, 6) is -1.11. The lowest BCUT2D eigenvalue weighted by atomic mass is 10.2. The van der Waals surface area contributed by atoms with Crippen LogP contribution in [0, 0.1) is 15.2 Å². The molecule has 18 heavy (non-hydrogen) atoms. The van der Waals surface area contributed by atoms with Gasteiger partial charge in [-0.3, -0.25) is 0 Å². The predicted molar refractivity (Wildman–Crippen MR) is 80.5 cm³/mol. The standard InChI is InChI=1S/C13H9BrF2IN/c14-9-5-6-10(15)8(13(9)16)7-18-12-4-2-1-3-11(12)17/h1-6,18H,7H2. The first kappa shape index (κ1) is 13.7. The average Bonchev–Trinajstić information content (AvgIpc) is 2.36. The molecule has 0 bridgehead atoms. The second kappa shape index (κ2) is 5.97. The largest absolute Gasteiger partial charge is 0.380 e. The van der Waals surface area contributed by atoms with E-state index in [1.165, 1.54) is 12.1 Å². The van der Waals surface area contributed by atoms with Crippen LogP contribution in [0.2, 0.25) is 0 Å². The van der Waals surface area contributed by atoms with E-state index in [2.05, 4.69) is 43.8 Å². The van der Waals surface area contributed by atoms with Crippen molar-refractivity contribution in [3.8, 4) is 0 Å². The van der Waals surface area contributed by atoms with Crippen molar-refractivity contribution in [3.63, 3.8) is 0 Å². The van der Waals surface area contributed by atoms with Gasteiger partial charge in [-0.05, 0) is 62.8 Å². The molecule has 94 valence electrons. The molecular formula is C13H9BrF2IN. The number of benzene rings is 2. The van der Waals surface area contributed by atoms with E-state index in [9.17, 15) is 8.78 Å². The number of hydrogen-bond donors (Lipinski definition) is 1. The highest BCUT2D eigenvalue weighted by molar-refractivity contribution is 14.1. The van der Waals surface area contributed by atoms with Crippen LogP contribution in [0.4, 0.5) is 14.5 Å². The van der Waals surface area contributed by atoms with Gasteiger partial charge in [-0.25, -0.2) is 8.78 Å². The van der Waals surface area contributed by atoms with Crippen LogP contribution < -0.4 is 5.32 Å². The van der Waals surface area contributed by atoms with Crippen LogP contribution in [-0.2, 0) is 6.54 Å². The molecular weight excluding hydrogens is 415 g/mol. The Balaban J connectivity index is 2.21. The summed E-state index contributed by atoms with van der Waals surface area (Å²) in [6.07, 6.45) is 0. The second-order valence-corrected chi connectivity index (χ2v) is 5.67. The fraction of sp³-hybridized carbons (Fsp3) is 0.0769. The third-order valence-electron chi connectivity index (χ3n) is 2.47. The molecule has 2 aromatic rings. The number of halogens is 4. The van der Waals surface area contributed by atoms with Gasteiger partial charge in [0.05, 0.1) is 4.47 Å². The Morgan fingerprint density at radius 1 is 1.11 bits per heavy atom. The van der Waals surface area contributed by atoms with Gasteiger partial charge >= 0.3 is 0 Å². The summed E-state index contributed by atoms with van der Waals surface area (Å²) in [5, 5.41) is 3.03. The monoisotopic (exact) mass is 423 g/mol. The number of anilines is 1. The molecule has 5 heteroatoms. The van der Waals surface area contributed by atoms with Gasteiger partial charge in [0, 0.05) is 21.4 Å². The maximum Gasteiger partial charge on any atom is 0.145 e. The van der Waals surface area contributed by atoms with Gasteiger partial charge < -0.3 is 5.32 Å². The number of nitrogens with one attached hydrogen (secondary N) is 1. The minimum atomic E-state index is -0.562. The molecule has 0 unspecified atom stereocenters. The van der Waals surface area contributed by atoms with Crippen LogP contribution in [0.5, 0.6) is 0 Å². The second-order valence-electron chi connectivity index (χ2n) is 3.66.